The zero-order valence-electron chi connectivity index (χ0n) is 10.5. The molecule has 1 saturated heterocycles. The Bertz CT molecular complexity index is 858. The van der Waals surface area contributed by atoms with Crippen LogP contribution in [-0.4, -0.2) is 25.4 Å². The van der Waals surface area contributed by atoms with Crippen LogP contribution in [0.4, 0.5) is 0 Å². The molecule has 1 unspecified atom stereocenters. The second-order valence-electron chi connectivity index (χ2n) is 4.64. The minimum Gasteiger partial charge on any atom is -0.355 e. The summed E-state index contributed by atoms with van der Waals surface area (Å²) in [6.45, 7) is 0. The fourth-order valence-corrected chi connectivity index (χ4v) is 3.33. The van der Waals surface area contributed by atoms with Crippen molar-refractivity contribution >= 4 is 42.5 Å². The van der Waals surface area contributed by atoms with Gasteiger partial charge in [0.2, 0.25) is 11.8 Å². The van der Waals surface area contributed by atoms with Crippen LogP contribution >= 0.6 is 10.7 Å². The van der Waals surface area contributed by atoms with Crippen molar-refractivity contribution in [2.45, 2.75) is 23.7 Å². The summed E-state index contributed by atoms with van der Waals surface area (Å²) < 4.78 is 28.0. The molecule has 1 N–H and O–H groups in total. The minimum absolute atomic E-state index is 0.00667. The van der Waals surface area contributed by atoms with Gasteiger partial charge >= 0.3 is 0 Å². The molecule has 2 heterocycles. The van der Waals surface area contributed by atoms with E-state index in [1.807, 2.05) is 0 Å². The predicted molar refractivity (Wildman–Crippen MR) is 72.2 cm³/mol. The standard InChI is InChI=1S/C12H9ClN2O5S/c13-21(18,19)8-3-1-2-6-10(15-20-11(6)8)7-4-5-9(16)14-12(7)17/h1-3,7H,4-5H2,(H,14,16,17). The van der Waals surface area contributed by atoms with Crippen molar-refractivity contribution in [3.05, 3.63) is 23.9 Å². The highest BCUT2D eigenvalue weighted by atomic mass is 35.7. The van der Waals surface area contributed by atoms with Gasteiger partial charge in [-0.15, -0.1) is 0 Å². The molecule has 2 amide bonds. The molecule has 110 valence electrons. The average Bonchev–Trinajstić information content (AvgIpc) is 2.81. The van der Waals surface area contributed by atoms with Crippen molar-refractivity contribution in [2.75, 3.05) is 0 Å². The SMILES string of the molecule is O=C1CCC(c2noc3c(S(=O)(=O)Cl)cccc23)C(=O)N1. The second kappa shape index (κ2) is 4.81. The number of para-hydroxylation sites is 1. The number of carbonyl (C=O) groups excluding carboxylic acids is 2. The van der Waals surface area contributed by atoms with Crippen LogP contribution in [0.15, 0.2) is 27.6 Å². The van der Waals surface area contributed by atoms with E-state index >= 15 is 0 Å². The Labute approximate surface area is 123 Å². The molecule has 1 aromatic heterocycles. The number of nitrogens with one attached hydrogen (secondary N) is 1. The Morgan fingerprint density at radius 1 is 1.33 bits per heavy atom. The lowest BCUT2D eigenvalue weighted by Gasteiger charge is -2.18. The number of benzene rings is 1. The minimum atomic E-state index is -3.99. The highest BCUT2D eigenvalue weighted by Gasteiger charge is 2.32. The number of halogens is 1. The lowest BCUT2D eigenvalue weighted by Crippen LogP contribution is -2.39. The summed E-state index contributed by atoms with van der Waals surface area (Å²) >= 11 is 0. The molecule has 0 aliphatic carbocycles. The maximum Gasteiger partial charge on any atom is 0.265 e. The van der Waals surface area contributed by atoms with E-state index in [1.165, 1.54) is 12.1 Å². The van der Waals surface area contributed by atoms with E-state index in [2.05, 4.69) is 10.5 Å². The molecule has 0 radical (unpaired) electrons. The van der Waals surface area contributed by atoms with Gasteiger partial charge in [-0.1, -0.05) is 11.2 Å². The van der Waals surface area contributed by atoms with Crippen LogP contribution in [0, 0.1) is 0 Å². The first-order valence-electron chi connectivity index (χ1n) is 6.04. The number of carbonyl (C=O) groups is 2. The van der Waals surface area contributed by atoms with Gasteiger partial charge in [0.05, 0.1) is 5.92 Å². The summed E-state index contributed by atoms with van der Waals surface area (Å²) in [5.41, 5.74) is 0.310. The Balaban J connectivity index is 2.14. The molecule has 2 aromatic rings. The number of amides is 2. The van der Waals surface area contributed by atoms with Crippen LogP contribution in [0.1, 0.15) is 24.5 Å². The summed E-state index contributed by atoms with van der Waals surface area (Å²) in [6.07, 6.45) is 0.489. The van der Waals surface area contributed by atoms with Gasteiger partial charge in [-0.05, 0) is 18.6 Å². The molecule has 9 heteroatoms. The molecule has 3 rings (SSSR count). The first kappa shape index (κ1) is 14.0. The average molecular weight is 329 g/mol. The van der Waals surface area contributed by atoms with E-state index in [4.69, 9.17) is 15.2 Å². The van der Waals surface area contributed by atoms with Crippen LogP contribution in [-0.2, 0) is 18.6 Å². The largest absolute Gasteiger partial charge is 0.355 e. The molecule has 0 saturated carbocycles. The number of imide groups is 1. The molecule has 1 atom stereocenters. The Morgan fingerprint density at radius 3 is 2.76 bits per heavy atom. The van der Waals surface area contributed by atoms with Gasteiger partial charge in [0.1, 0.15) is 10.6 Å². The fraction of sp³-hybridized carbons (Fsp3) is 0.250. The molecule has 1 fully saturated rings. The van der Waals surface area contributed by atoms with E-state index < -0.39 is 20.9 Å². The number of fused-ring (bicyclic) bond motifs is 1. The van der Waals surface area contributed by atoms with Crippen molar-refractivity contribution in [3.8, 4) is 0 Å². The summed E-state index contributed by atoms with van der Waals surface area (Å²) in [5, 5.41) is 6.42. The highest BCUT2D eigenvalue weighted by molar-refractivity contribution is 8.13. The van der Waals surface area contributed by atoms with Gasteiger partial charge in [-0.2, -0.15) is 0 Å². The van der Waals surface area contributed by atoms with Gasteiger partial charge in [0, 0.05) is 22.5 Å². The molecule has 0 bridgehead atoms. The third-order valence-corrected chi connectivity index (χ3v) is 4.67. The Morgan fingerprint density at radius 2 is 2.10 bits per heavy atom. The summed E-state index contributed by atoms with van der Waals surface area (Å²) in [6, 6.07) is 4.38. The number of hydrogen-bond acceptors (Lipinski definition) is 6. The molecule has 1 aliphatic rings. The van der Waals surface area contributed by atoms with Crippen molar-refractivity contribution in [2.24, 2.45) is 0 Å². The number of piperidine rings is 1. The summed E-state index contributed by atoms with van der Waals surface area (Å²) in [7, 11) is 1.36. The Kier molecular flexibility index (Phi) is 3.22. The van der Waals surface area contributed by atoms with Crippen LogP contribution in [0.3, 0.4) is 0 Å². The highest BCUT2D eigenvalue weighted by Crippen LogP contribution is 2.33. The monoisotopic (exact) mass is 328 g/mol. The van der Waals surface area contributed by atoms with E-state index in [-0.39, 0.29) is 22.8 Å². The van der Waals surface area contributed by atoms with Gasteiger partial charge in [0.25, 0.3) is 9.05 Å². The summed E-state index contributed by atoms with van der Waals surface area (Å²) in [4.78, 5) is 22.8. The van der Waals surface area contributed by atoms with Gasteiger partial charge in [-0.3, -0.25) is 14.9 Å². The van der Waals surface area contributed by atoms with E-state index in [0.717, 1.165) is 0 Å². The third-order valence-electron chi connectivity index (χ3n) is 3.32. The summed E-state index contributed by atoms with van der Waals surface area (Å²) in [5.74, 6) is -1.47. The van der Waals surface area contributed by atoms with Crippen molar-refractivity contribution in [1.82, 2.24) is 10.5 Å². The van der Waals surface area contributed by atoms with Gasteiger partial charge in [0.15, 0.2) is 5.58 Å². The maximum atomic E-state index is 11.9. The van der Waals surface area contributed by atoms with Crippen molar-refractivity contribution in [3.63, 3.8) is 0 Å². The molecule has 21 heavy (non-hydrogen) atoms. The zero-order valence-corrected chi connectivity index (χ0v) is 12.1. The molecular formula is C12H9ClN2O5S. The first-order valence-corrected chi connectivity index (χ1v) is 8.35. The molecular weight excluding hydrogens is 320 g/mol. The molecule has 1 aromatic carbocycles. The van der Waals surface area contributed by atoms with Crippen molar-refractivity contribution in [1.29, 1.82) is 0 Å². The van der Waals surface area contributed by atoms with Crippen LogP contribution in [0.25, 0.3) is 11.0 Å². The molecule has 7 nitrogen and oxygen atoms in total. The maximum absolute atomic E-state index is 11.9. The molecule has 1 aliphatic heterocycles. The van der Waals surface area contributed by atoms with E-state index in [0.29, 0.717) is 17.5 Å². The number of hydrogen-bond donors (Lipinski definition) is 1. The van der Waals surface area contributed by atoms with Crippen LogP contribution in [0.2, 0.25) is 0 Å². The van der Waals surface area contributed by atoms with E-state index in [9.17, 15) is 18.0 Å². The van der Waals surface area contributed by atoms with Gasteiger partial charge < -0.3 is 4.52 Å². The number of aromatic nitrogens is 1. The van der Waals surface area contributed by atoms with Crippen LogP contribution in [0.5, 0.6) is 0 Å². The topological polar surface area (TPSA) is 106 Å². The first-order chi connectivity index (χ1) is 9.88. The van der Waals surface area contributed by atoms with Crippen LogP contribution < -0.4 is 5.32 Å². The fourth-order valence-electron chi connectivity index (χ4n) is 2.35. The number of rotatable bonds is 2. The van der Waals surface area contributed by atoms with E-state index in [1.54, 1.807) is 6.07 Å². The van der Waals surface area contributed by atoms with Gasteiger partial charge in [-0.25, -0.2) is 8.42 Å². The Hall–Kier alpha value is -1.93. The lowest BCUT2D eigenvalue weighted by atomic mass is 9.93. The third kappa shape index (κ3) is 2.40. The quantitative estimate of drug-likeness (QED) is 0.657. The number of nitrogens with zero attached hydrogens (tertiary/aromatic N) is 1. The predicted octanol–water partition coefficient (Wildman–Crippen LogP) is 1.28. The second-order valence-corrected chi connectivity index (χ2v) is 7.18. The molecule has 0 spiro atoms. The zero-order chi connectivity index (χ0) is 15.2. The normalized spacial score (nSPS) is 19.8. The lowest BCUT2D eigenvalue weighted by molar-refractivity contribution is -0.134. The van der Waals surface area contributed by atoms with Crippen molar-refractivity contribution < 1.29 is 22.5 Å². The smallest absolute Gasteiger partial charge is 0.265 e.